The van der Waals surface area contributed by atoms with Crippen molar-refractivity contribution in [2.75, 3.05) is 0 Å². The average molecular weight is 195 g/mol. The fourth-order valence-corrected chi connectivity index (χ4v) is 0. The minimum absolute atomic E-state index is 0. The SMILES string of the molecule is C.CC.NC(N)=O.[Y]. The molecule has 0 unspecified atom stereocenters. The van der Waals surface area contributed by atoms with Gasteiger partial charge in [-0.2, -0.15) is 0 Å². The van der Waals surface area contributed by atoms with Crippen molar-refractivity contribution < 1.29 is 37.5 Å². The van der Waals surface area contributed by atoms with Gasteiger partial charge in [0.1, 0.15) is 0 Å². The van der Waals surface area contributed by atoms with E-state index in [0.29, 0.717) is 0 Å². The molecule has 0 aromatic carbocycles. The molecule has 0 aromatic heterocycles. The topological polar surface area (TPSA) is 69.1 Å². The zero-order valence-electron chi connectivity index (χ0n) is 4.64. The van der Waals surface area contributed by atoms with Gasteiger partial charge >= 0.3 is 6.03 Å². The molecule has 8 heavy (non-hydrogen) atoms. The zero-order valence-corrected chi connectivity index (χ0v) is 7.48. The van der Waals surface area contributed by atoms with E-state index in [1.165, 1.54) is 0 Å². The van der Waals surface area contributed by atoms with Crippen LogP contribution in [0.25, 0.3) is 0 Å². The van der Waals surface area contributed by atoms with Crippen molar-refractivity contribution in [3.8, 4) is 0 Å². The summed E-state index contributed by atoms with van der Waals surface area (Å²) in [4.78, 5) is 9.00. The second-order valence-corrected chi connectivity index (χ2v) is 0.402. The number of hydrogen-bond acceptors (Lipinski definition) is 1. The quantitative estimate of drug-likeness (QED) is 0.586. The number of rotatable bonds is 0. The Hall–Kier alpha value is 0.374. The van der Waals surface area contributed by atoms with Gasteiger partial charge in [0.25, 0.3) is 0 Å². The number of carbonyl (C=O) groups excluding carboxylic acids is 1. The monoisotopic (exact) mass is 195 g/mol. The van der Waals surface area contributed by atoms with Crippen LogP contribution < -0.4 is 11.5 Å². The summed E-state index contributed by atoms with van der Waals surface area (Å²) in [6.45, 7) is 4.00. The molecule has 0 spiro atoms. The van der Waals surface area contributed by atoms with Gasteiger partial charge in [-0.05, 0) is 0 Å². The number of hydrogen-bond donors (Lipinski definition) is 2. The second kappa shape index (κ2) is 26.3. The van der Waals surface area contributed by atoms with E-state index < -0.39 is 6.03 Å². The van der Waals surface area contributed by atoms with Gasteiger partial charge in [0.15, 0.2) is 0 Å². The molecule has 0 aromatic rings. The van der Waals surface area contributed by atoms with Crippen LogP contribution in [0.1, 0.15) is 21.3 Å². The summed E-state index contributed by atoms with van der Waals surface area (Å²) in [6.07, 6.45) is 0. The third kappa shape index (κ3) is 1320. The molecule has 4 N–H and O–H groups in total. The summed E-state index contributed by atoms with van der Waals surface area (Å²) in [5.74, 6) is 0. The van der Waals surface area contributed by atoms with Crippen molar-refractivity contribution in [2.24, 2.45) is 11.5 Å². The van der Waals surface area contributed by atoms with Crippen LogP contribution in [0.3, 0.4) is 0 Å². The van der Waals surface area contributed by atoms with E-state index in [1.54, 1.807) is 0 Å². The molecule has 0 fully saturated rings. The van der Waals surface area contributed by atoms with Crippen LogP contribution in [0, 0.1) is 0 Å². The van der Waals surface area contributed by atoms with Crippen LogP contribution in [-0.4, -0.2) is 6.03 Å². The van der Waals surface area contributed by atoms with Crippen molar-refractivity contribution in [1.29, 1.82) is 0 Å². The number of carbonyl (C=O) groups is 1. The largest absolute Gasteiger partial charge is 0.352 e. The number of amides is 2. The molecule has 49 valence electrons. The first-order chi connectivity index (χ1) is 2.73. The van der Waals surface area contributed by atoms with E-state index in [9.17, 15) is 0 Å². The Kier molecular flexibility index (Phi) is 78.3. The van der Waals surface area contributed by atoms with Crippen LogP contribution >= 0.6 is 0 Å². The summed E-state index contributed by atoms with van der Waals surface area (Å²) in [7, 11) is 0. The first-order valence-corrected chi connectivity index (χ1v) is 1.78. The third-order valence-corrected chi connectivity index (χ3v) is 0. The Morgan fingerprint density at radius 1 is 1.25 bits per heavy atom. The first-order valence-electron chi connectivity index (χ1n) is 1.78. The van der Waals surface area contributed by atoms with E-state index in [0.717, 1.165) is 0 Å². The fourth-order valence-electron chi connectivity index (χ4n) is 0. The average Bonchev–Trinajstić information content (AvgIpc) is 1.41. The molecule has 0 bridgehead atoms. The summed E-state index contributed by atoms with van der Waals surface area (Å²) in [5, 5.41) is 0. The smallest absolute Gasteiger partial charge is 0.309 e. The fraction of sp³-hybridized carbons (Fsp3) is 0.750. The van der Waals surface area contributed by atoms with Gasteiger partial charge in [-0.3, -0.25) is 0 Å². The van der Waals surface area contributed by atoms with Gasteiger partial charge in [0, 0.05) is 32.7 Å². The molecule has 0 rings (SSSR count). The van der Waals surface area contributed by atoms with Crippen molar-refractivity contribution in [2.45, 2.75) is 21.3 Å². The van der Waals surface area contributed by atoms with Gasteiger partial charge in [-0.1, -0.05) is 21.3 Å². The Morgan fingerprint density at radius 3 is 1.25 bits per heavy atom. The molecular weight excluding hydrogens is 181 g/mol. The minimum atomic E-state index is -0.833. The zero-order chi connectivity index (χ0) is 5.58. The summed E-state index contributed by atoms with van der Waals surface area (Å²) >= 11 is 0. The molecule has 0 aliphatic heterocycles. The van der Waals surface area contributed by atoms with E-state index in [2.05, 4.69) is 11.5 Å². The summed E-state index contributed by atoms with van der Waals surface area (Å²) in [6, 6.07) is -0.833. The Labute approximate surface area is 76.1 Å². The predicted molar refractivity (Wildman–Crippen MR) is 31.8 cm³/mol. The number of urea groups is 1. The normalized spacial score (nSPS) is 3.75. The summed E-state index contributed by atoms with van der Waals surface area (Å²) < 4.78 is 0. The molecule has 3 nitrogen and oxygen atoms in total. The molecule has 2 amide bonds. The van der Waals surface area contributed by atoms with E-state index in [4.69, 9.17) is 4.79 Å². The van der Waals surface area contributed by atoms with Crippen molar-refractivity contribution in [3.05, 3.63) is 0 Å². The van der Waals surface area contributed by atoms with Crippen LogP contribution in [0.5, 0.6) is 0 Å². The number of primary amides is 2. The summed E-state index contributed by atoms with van der Waals surface area (Å²) in [5.41, 5.74) is 8.50. The van der Waals surface area contributed by atoms with Gasteiger partial charge < -0.3 is 11.5 Å². The maximum atomic E-state index is 9.00. The molecule has 1 radical (unpaired) electrons. The molecular formula is C4H14N2OY. The van der Waals surface area contributed by atoms with Gasteiger partial charge in [-0.15, -0.1) is 0 Å². The van der Waals surface area contributed by atoms with Crippen molar-refractivity contribution >= 4 is 6.03 Å². The van der Waals surface area contributed by atoms with E-state index in [-0.39, 0.29) is 40.1 Å². The maximum absolute atomic E-state index is 9.00. The van der Waals surface area contributed by atoms with Gasteiger partial charge in [-0.25, -0.2) is 4.79 Å². The molecule has 0 atom stereocenters. The molecule has 0 heterocycles. The van der Waals surface area contributed by atoms with Crippen LogP contribution in [-0.2, 0) is 32.7 Å². The van der Waals surface area contributed by atoms with Gasteiger partial charge in [0.05, 0.1) is 0 Å². The van der Waals surface area contributed by atoms with Gasteiger partial charge in [0.2, 0.25) is 0 Å². The van der Waals surface area contributed by atoms with Crippen LogP contribution in [0.4, 0.5) is 4.79 Å². The Bertz CT molecular complexity index is 37.0. The first kappa shape index (κ1) is 23.8. The van der Waals surface area contributed by atoms with E-state index >= 15 is 0 Å². The second-order valence-electron chi connectivity index (χ2n) is 0.402. The van der Waals surface area contributed by atoms with Crippen LogP contribution in [0.15, 0.2) is 0 Å². The third-order valence-electron chi connectivity index (χ3n) is 0. The molecule has 0 saturated heterocycles. The molecule has 0 aliphatic carbocycles. The predicted octanol–water partition coefficient (Wildman–Crippen LogP) is 0.684. The molecule has 4 heteroatoms. The Morgan fingerprint density at radius 2 is 1.25 bits per heavy atom. The minimum Gasteiger partial charge on any atom is -0.352 e. The molecule has 0 aliphatic rings. The maximum Gasteiger partial charge on any atom is 0.309 e. The number of nitrogens with two attached hydrogens (primary N) is 2. The van der Waals surface area contributed by atoms with E-state index in [1.807, 2.05) is 13.8 Å². The Balaban J connectivity index is -0.0000000183. The van der Waals surface area contributed by atoms with Crippen molar-refractivity contribution in [1.82, 2.24) is 0 Å². The van der Waals surface area contributed by atoms with Crippen LogP contribution in [0.2, 0.25) is 0 Å². The van der Waals surface area contributed by atoms with Crippen molar-refractivity contribution in [3.63, 3.8) is 0 Å². The molecule has 0 saturated carbocycles. The standard InChI is InChI=1S/C2H6.CH4N2O.CH4.Y/c1-2;2-1(3)4;;/h1-2H3;(H4,2,3,4);1H4;.